The van der Waals surface area contributed by atoms with Crippen molar-refractivity contribution in [3.63, 3.8) is 0 Å². The maximum absolute atomic E-state index is 10.8. The highest BCUT2D eigenvalue weighted by Gasteiger charge is 2.25. The second-order valence-electron chi connectivity index (χ2n) is 5.50. The molecule has 0 aromatic carbocycles. The molecule has 110 valence electrons. The van der Waals surface area contributed by atoms with Crippen molar-refractivity contribution < 1.29 is 14.4 Å². The number of carbonyl (C=O) groups is 3. The summed E-state index contributed by atoms with van der Waals surface area (Å²) in [6, 6.07) is -0.0324. The number of Topliss-reactive ketones (excluding diaryl/α,β-unsaturated/α-hetero) is 1. The Labute approximate surface area is 116 Å². The zero-order chi connectivity index (χ0) is 14.5. The van der Waals surface area contributed by atoms with Crippen LogP contribution >= 0.6 is 0 Å². The van der Waals surface area contributed by atoms with Crippen molar-refractivity contribution in [1.82, 2.24) is 4.90 Å². The first-order valence-electron chi connectivity index (χ1n) is 6.19. The van der Waals surface area contributed by atoms with Gasteiger partial charge < -0.3 is 0 Å². The van der Waals surface area contributed by atoms with Crippen LogP contribution in [0.25, 0.3) is 0 Å². The lowest BCUT2D eigenvalue weighted by Crippen LogP contribution is -2.36. The summed E-state index contributed by atoms with van der Waals surface area (Å²) in [5.41, 5.74) is -0.130. The molecule has 0 aromatic rings. The Morgan fingerprint density at radius 1 is 1.16 bits per heavy atom. The number of nitrogens with zero attached hydrogens (tertiary/aromatic N) is 1. The first-order chi connectivity index (χ1) is 8.11. The van der Waals surface area contributed by atoms with Gasteiger partial charge in [-0.15, -0.1) is 0 Å². The number of carbonyl (C=O) groups excluding carboxylic acids is 3. The average Bonchev–Trinajstić information content (AvgIpc) is 2.56. The highest BCUT2D eigenvalue weighted by atomic mass is 16.2. The molecule has 0 saturated heterocycles. The van der Waals surface area contributed by atoms with Crippen LogP contribution in [0.3, 0.4) is 0 Å². The maximum Gasteiger partial charge on any atom is 0.253 e. The van der Waals surface area contributed by atoms with Crippen LogP contribution in [0.5, 0.6) is 0 Å². The summed E-state index contributed by atoms with van der Waals surface area (Å²) in [4.78, 5) is 33.7. The van der Waals surface area contributed by atoms with E-state index in [0.29, 0.717) is 12.2 Å². The van der Waals surface area contributed by atoms with E-state index in [1.807, 2.05) is 41.5 Å². The van der Waals surface area contributed by atoms with Gasteiger partial charge in [-0.1, -0.05) is 35.1 Å². The summed E-state index contributed by atoms with van der Waals surface area (Å²) in [5, 5.41) is 0. The van der Waals surface area contributed by atoms with Gasteiger partial charge in [0, 0.05) is 30.0 Å². The van der Waals surface area contributed by atoms with Crippen LogP contribution in [-0.2, 0) is 14.4 Å². The molecule has 2 amide bonds. The molecule has 0 fully saturated rings. The molecule has 0 aromatic heterocycles. The molecule has 0 spiro atoms. The molecule has 1 aliphatic rings. The smallest absolute Gasteiger partial charge is 0.253 e. The van der Waals surface area contributed by atoms with Gasteiger partial charge >= 0.3 is 0 Å². The third-order valence-electron chi connectivity index (χ3n) is 2.52. The van der Waals surface area contributed by atoms with Crippen LogP contribution in [0, 0.1) is 5.41 Å². The molecule has 1 aliphatic heterocycles. The van der Waals surface area contributed by atoms with Crippen molar-refractivity contribution in [1.29, 1.82) is 0 Å². The fourth-order valence-electron chi connectivity index (χ4n) is 1.45. The number of amides is 2. The van der Waals surface area contributed by atoms with Crippen molar-refractivity contribution in [2.24, 2.45) is 5.41 Å². The zero-order valence-corrected chi connectivity index (χ0v) is 12.1. The molecular formula is C15H27NO3. The Morgan fingerprint density at radius 2 is 1.53 bits per heavy atom. The topological polar surface area (TPSA) is 54.5 Å². The molecule has 4 heteroatoms. The third-order valence-corrected chi connectivity index (χ3v) is 2.52. The summed E-state index contributed by atoms with van der Waals surface area (Å²) in [7, 11) is 0. The number of ketones is 1. The largest absolute Gasteiger partial charge is 0.299 e. The van der Waals surface area contributed by atoms with E-state index in [1.54, 1.807) is 0 Å². The molecular weight excluding hydrogens is 242 g/mol. The van der Waals surface area contributed by atoms with Gasteiger partial charge in [0.15, 0.2) is 0 Å². The molecule has 4 nitrogen and oxygen atoms in total. The predicted octanol–water partition coefficient (Wildman–Crippen LogP) is 2.97. The van der Waals surface area contributed by atoms with Gasteiger partial charge in [-0.25, -0.2) is 0 Å². The first kappa shape index (κ1) is 19.9. The quantitative estimate of drug-likeness (QED) is 0.724. The molecule has 1 heterocycles. The fraction of sp³-hybridized carbons (Fsp3) is 0.667. The minimum Gasteiger partial charge on any atom is -0.299 e. The lowest BCUT2D eigenvalue weighted by molar-refractivity contribution is -0.138. The van der Waals surface area contributed by atoms with Crippen LogP contribution in [0.15, 0.2) is 12.2 Å². The van der Waals surface area contributed by atoms with E-state index in [-0.39, 0.29) is 30.7 Å². The second-order valence-corrected chi connectivity index (χ2v) is 5.50. The van der Waals surface area contributed by atoms with E-state index < -0.39 is 0 Å². The monoisotopic (exact) mass is 269 g/mol. The van der Waals surface area contributed by atoms with Crippen LogP contribution in [0.2, 0.25) is 0 Å². The molecule has 0 atom stereocenters. The molecule has 19 heavy (non-hydrogen) atoms. The molecule has 0 bridgehead atoms. The molecule has 0 radical (unpaired) electrons. The normalized spacial score (nSPS) is 14.2. The Hall–Kier alpha value is -1.45. The Bertz CT molecular complexity index is 344. The molecule has 0 aliphatic carbocycles. The van der Waals surface area contributed by atoms with E-state index in [1.165, 1.54) is 17.1 Å². The van der Waals surface area contributed by atoms with Gasteiger partial charge in [-0.2, -0.15) is 0 Å². The zero-order valence-electron chi connectivity index (χ0n) is 12.1. The van der Waals surface area contributed by atoms with Gasteiger partial charge in [0.2, 0.25) is 0 Å². The Morgan fingerprint density at radius 3 is 1.63 bits per heavy atom. The summed E-state index contributed by atoms with van der Waals surface area (Å²) >= 11 is 0. The summed E-state index contributed by atoms with van der Waals surface area (Å²) in [5.74, 6) is -0.0856. The fourth-order valence-corrected chi connectivity index (χ4v) is 1.45. The van der Waals surface area contributed by atoms with E-state index in [0.717, 1.165) is 0 Å². The van der Waals surface area contributed by atoms with Gasteiger partial charge in [0.25, 0.3) is 11.8 Å². The number of hydrogen-bond donors (Lipinski definition) is 0. The van der Waals surface area contributed by atoms with E-state index in [2.05, 4.69) is 0 Å². The summed E-state index contributed by atoms with van der Waals surface area (Å²) in [6.45, 7) is 11.3. The molecule has 0 unspecified atom stereocenters. The van der Waals surface area contributed by atoms with Crippen molar-refractivity contribution >= 4 is 17.6 Å². The summed E-state index contributed by atoms with van der Waals surface area (Å²) in [6.07, 6.45) is 3.24. The van der Waals surface area contributed by atoms with Crippen molar-refractivity contribution in [2.45, 2.75) is 61.4 Å². The van der Waals surface area contributed by atoms with Crippen LogP contribution < -0.4 is 0 Å². The van der Waals surface area contributed by atoms with E-state index in [4.69, 9.17) is 0 Å². The Kier molecular flexibility index (Phi) is 8.23. The molecule has 0 N–H and O–H groups in total. The third kappa shape index (κ3) is 6.32. The van der Waals surface area contributed by atoms with Crippen LogP contribution in [0.4, 0.5) is 0 Å². The minimum absolute atomic E-state index is 0. The lowest BCUT2D eigenvalue weighted by atomic mass is 9.90. The SMILES string of the molecule is C.CC(C)N1C(=O)C=CC1=O.CCC(=O)C(C)(C)C. The van der Waals surface area contributed by atoms with Gasteiger partial charge in [0.1, 0.15) is 5.78 Å². The standard InChI is InChI=1S/C7H9NO2.C7H14O.CH4/c1-5(2)8-6(9)3-4-7(8)10;1-5-6(8)7(2,3)4;/h3-5H,1-2H3;5H2,1-4H3;1H4. The highest BCUT2D eigenvalue weighted by Crippen LogP contribution is 2.15. The summed E-state index contributed by atoms with van der Waals surface area (Å²) < 4.78 is 0. The van der Waals surface area contributed by atoms with E-state index in [9.17, 15) is 14.4 Å². The van der Waals surface area contributed by atoms with Crippen LogP contribution in [0.1, 0.15) is 55.4 Å². The Balaban J connectivity index is 0. The van der Waals surface area contributed by atoms with Gasteiger partial charge in [-0.3, -0.25) is 19.3 Å². The maximum atomic E-state index is 10.8. The lowest BCUT2D eigenvalue weighted by Gasteiger charge is -2.17. The van der Waals surface area contributed by atoms with Crippen molar-refractivity contribution in [2.75, 3.05) is 0 Å². The highest BCUT2D eigenvalue weighted by molar-refractivity contribution is 6.13. The van der Waals surface area contributed by atoms with Crippen LogP contribution in [-0.4, -0.2) is 28.5 Å². The average molecular weight is 269 g/mol. The van der Waals surface area contributed by atoms with E-state index >= 15 is 0 Å². The number of hydrogen-bond acceptors (Lipinski definition) is 3. The number of rotatable bonds is 2. The predicted molar refractivity (Wildman–Crippen MR) is 77.6 cm³/mol. The van der Waals surface area contributed by atoms with Crippen molar-refractivity contribution in [3.8, 4) is 0 Å². The molecule has 1 rings (SSSR count). The second kappa shape index (κ2) is 7.87. The number of imide groups is 1. The minimum atomic E-state index is -0.208. The first-order valence-corrected chi connectivity index (χ1v) is 6.19. The van der Waals surface area contributed by atoms with Crippen molar-refractivity contribution in [3.05, 3.63) is 12.2 Å². The van der Waals surface area contributed by atoms with Gasteiger partial charge in [-0.05, 0) is 13.8 Å². The molecule has 0 saturated carbocycles. The van der Waals surface area contributed by atoms with Gasteiger partial charge in [0.05, 0.1) is 0 Å².